The molecule has 1 unspecified atom stereocenters. The fourth-order valence-corrected chi connectivity index (χ4v) is 2.06. The van der Waals surface area contributed by atoms with Gasteiger partial charge in [-0.15, -0.1) is 0 Å². The summed E-state index contributed by atoms with van der Waals surface area (Å²) >= 11 is -2.39. The molecule has 1 atom stereocenters. The number of ether oxygens (including phenoxy) is 1. The first-order valence-corrected chi connectivity index (χ1v) is 6.90. The Morgan fingerprint density at radius 3 is 2.24 bits per heavy atom. The summed E-state index contributed by atoms with van der Waals surface area (Å²) in [4.78, 5) is 0.0299. The van der Waals surface area contributed by atoms with Gasteiger partial charge in [-0.1, -0.05) is 11.6 Å². The number of hydrogen-bond donors (Lipinski definition) is 0. The van der Waals surface area contributed by atoms with E-state index in [1.54, 1.807) is 6.92 Å². The van der Waals surface area contributed by atoms with Crippen molar-refractivity contribution in [1.82, 2.24) is 0 Å². The molecule has 0 aliphatic carbocycles. The van der Waals surface area contributed by atoms with Crippen molar-refractivity contribution in [2.45, 2.75) is 18.0 Å². The minimum Gasteiger partial charge on any atom is -0.768 e. The van der Waals surface area contributed by atoms with Gasteiger partial charge in [0.25, 0.3) is 0 Å². The summed E-state index contributed by atoms with van der Waals surface area (Å²) in [5.74, 6) is -0.206. The minimum atomic E-state index is -4.53. The van der Waals surface area contributed by atoms with Gasteiger partial charge in [-0.25, -0.2) is 0 Å². The largest absolute Gasteiger partial charge is 0.768 e. The van der Waals surface area contributed by atoms with Crippen LogP contribution in [-0.2, 0) is 17.3 Å². The van der Waals surface area contributed by atoms with Crippen molar-refractivity contribution in [2.24, 2.45) is 0 Å². The molecular formula is C14H10F3O3S-. The number of hydrogen-bond acceptors (Lipinski definition) is 3. The van der Waals surface area contributed by atoms with E-state index >= 15 is 0 Å². The zero-order valence-corrected chi connectivity index (χ0v) is 11.6. The highest BCUT2D eigenvalue weighted by Gasteiger charge is 2.34. The minimum absolute atomic E-state index is 0.0299. The summed E-state index contributed by atoms with van der Waals surface area (Å²) in [6, 6.07) is 8.83. The molecule has 0 aromatic heterocycles. The Balaban J connectivity index is 2.33. The van der Waals surface area contributed by atoms with Gasteiger partial charge in [0.05, 0.1) is 5.56 Å². The molecule has 0 spiro atoms. The van der Waals surface area contributed by atoms with E-state index in [0.29, 0.717) is 5.56 Å². The maximum Gasteiger partial charge on any atom is 0.419 e. The molecule has 112 valence electrons. The quantitative estimate of drug-likeness (QED) is 0.803. The first-order chi connectivity index (χ1) is 9.77. The van der Waals surface area contributed by atoms with Crippen LogP contribution >= 0.6 is 0 Å². The topological polar surface area (TPSA) is 49.4 Å². The molecule has 0 N–H and O–H groups in total. The van der Waals surface area contributed by atoms with Crippen molar-refractivity contribution in [3.05, 3.63) is 53.6 Å². The highest BCUT2D eigenvalue weighted by Crippen LogP contribution is 2.38. The third-order valence-corrected chi connectivity index (χ3v) is 3.34. The van der Waals surface area contributed by atoms with Crippen LogP contribution in [0.3, 0.4) is 0 Å². The summed E-state index contributed by atoms with van der Waals surface area (Å²) in [7, 11) is 0. The number of benzene rings is 2. The predicted molar refractivity (Wildman–Crippen MR) is 69.9 cm³/mol. The van der Waals surface area contributed by atoms with Crippen LogP contribution in [0.1, 0.15) is 11.1 Å². The molecule has 7 heteroatoms. The Bertz CT molecular complexity index is 666. The van der Waals surface area contributed by atoms with Crippen LogP contribution in [0.4, 0.5) is 13.2 Å². The van der Waals surface area contributed by atoms with E-state index < -0.39 is 22.8 Å². The van der Waals surface area contributed by atoms with Crippen LogP contribution in [0.15, 0.2) is 47.4 Å². The third-order valence-electron chi connectivity index (χ3n) is 2.68. The molecule has 0 heterocycles. The maximum atomic E-state index is 12.9. The van der Waals surface area contributed by atoms with Gasteiger partial charge < -0.3 is 9.29 Å². The summed E-state index contributed by atoms with van der Waals surface area (Å²) in [6.45, 7) is 1.55. The molecule has 2 aromatic rings. The first kappa shape index (κ1) is 15.5. The maximum absolute atomic E-state index is 12.9. The fourth-order valence-electron chi connectivity index (χ4n) is 1.70. The monoisotopic (exact) mass is 315 g/mol. The lowest BCUT2D eigenvalue weighted by atomic mass is 10.1. The normalized spacial score (nSPS) is 13.0. The van der Waals surface area contributed by atoms with Gasteiger partial charge in [0, 0.05) is 4.90 Å². The molecule has 0 bridgehead atoms. The molecule has 0 saturated carbocycles. The van der Waals surface area contributed by atoms with Gasteiger partial charge in [-0.2, -0.15) is 13.2 Å². The second-order valence-corrected chi connectivity index (χ2v) is 5.25. The van der Waals surface area contributed by atoms with Crippen LogP contribution in [-0.4, -0.2) is 8.76 Å². The van der Waals surface area contributed by atoms with Crippen LogP contribution in [0, 0.1) is 6.92 Å². The molecule has 0 aliphatic heterocycles. The highest BCUT2D eigenvalue weighted by atomic mass is 32.2. The lowest BCUT2D eigenvalue weighted by molar-refractivity contribution is -0.138. The zero-order chi connectivity index (χ0) is 15.6. The average molecular weight is 315 g/mol. The Morgan fingerprint density at radius 1 is 1.10 bits per heavy atom. The average Bonchev–Trinajstić information content (AvgIpc) is 2.40. The van der Waals surface area contributed by atoms with E-state index in [1.165, 1.54) is 36.4 Å². The number of aryl methyl sites for hydroxylation is 1. The predicted octanol–water partition coefficient (Wildman–Crippen LogP) is 4.04. The summed E-state index contributed by atoms with van der Waals surface area (Å²) < 4.78 is 65.4. The van der Waals surface area contributed by atoms with Crippen LogP contribution in [0.2, 0.25) is 0 Å². The standard InChI is InChI=1S/C14H11F3O3S/c1-9-2-7-13(12(8-9)14(15,16)17)20-10-3-5-11(6-4-10)21(18)19/h2-8H,1H3,(H,18,19)/p-1. The Morgan fingerprint density at radius 2 is 1.71 bits per heavy atom. The molecule has 0 radical (unpaired) electrons. The lowest BCUT2D eigenvalue weighted by Crippen LogP contribution is -2.07. The molecule has 0 amide bonds. The van der Waals surface area contributed by atoms with E-state index in [2.05, 4.69) is 0 Å². The van der Waals surface area contributed by atoms with Gasteiger partial charge in [0.15, 0.2) is 0 Å². The van der Waals surface area contributed by atoms with Crippen LogP contribution in [0.25, 0.3) is 0 Å². The Kier molecular flexibility index (Phi) is 4.34. The van der Waals surface area contributed by atoms with Crippen molar-refractivity contribution in [1.29, 1.82) is 0 Å². The second-order valence-electron chi connectivity index (χ2n) is 4.31. The molecule has 0 fully saturated rings. The third kappa shape index (κ3) is 3.83. The molecule has 0 saturated heterocycles. The molecule has 2 rings (SSSR count). The highest BCUT2D eigenvalue weighted by molar-refractivity contribution is 7.79. The second kappa shape index (κ2) is 5.87. The Labute approximate surface area is 121 Å². The molecule has 3 nitrogen and oxygen atoms in total. The van der Waals surface area contributed by atoms with Gasteiger partial charge >= 0.3 is 6.18 Å². The number of halogens is 3. The zero-order valence-electron chi connectivity index (χ0n) is 10.8. The van der Waals surface area contributed by atoms with E-state index in [1.807, 2.05) is 0 Å². The summed E-state index contributed by atoms with van der Waals surface area (Å²) in [5, 5.41) is 0. The van der Waals surface area contributed by atoms with Crippen LogP contribution < -0.4 is 4.74 Å². The van der Waals surface area contributed by atoms with Crippen molar-refractivity contribution in [2.75, 3.05) is 0 Å². The molecule has 0 aliphatic rings. The first-order valence-electron chi connectivity index (χ1n) is 5.82. The van der Waals surface area contributed by atoms with Crippen LogP contribution in [0.5, 0.6) is 11.5 Å². The lowest BCUT2D eigenvalue weighted by Gasteiger charge is -2.14. The van der Waals surface area contributed by atoms with Crippen molar-refractivity contribution < 1.29 is 26.7 Å². The van der Waals surface area contributed by atoms with E-state index in [0.717, 1.165) is 6.07 Å². The van der Waals surface area contributed by atoms with E-state index in [4.69, 9.17) is 4.74 Å². The van der Waals surface area contributed by atoms with Gasteiger partial charge in [-0.3, -0.25) is 4.21 Å². The molecular weight excluding hydrogens is 305 g/mol. The van der Waals surface area contributed by atoms with Crippen molar-refractivity contribution >= 4 is 11.1 Å². The van der Waals surface area contributed by atoms with E-state index in [-0.39, 0.29) is 16.4 Å². The number of rotatable bonds is 3. The van der Waals surface area contributed by atoms with E-state index in [9.17, 15) is 21.9 Å². The van der Waals surface area contributed by atoms with Crippen molar-refractivity contribution in [3.63, 3.8) is 0 Å². The summed E-state index contributed by atoms with van der Waals surface area (Å²) in [5.41, 5.74) is -0.411. The SMILES string of the molecule is Cc1ccc(Oc2ccc(S(=O)[O-])cc2)c(C(F)(F)F)c1. The van der Waals surface area contributed by atoms with Gasteiger partial charge in [0.1, 0.15) is 11.5 Å². The van der Waals surface area contributed by atoms with Gasteiger partial charge in [0.2, 0.25) is 0 Å². The fraction of sp³-hybridized carbons (Fsp3) is 0.143. The summed E-state index contributed by atoms with van der Waals surface area (Å²) in [6.07, 6.45) is -4.53. The molecule has 21 heavy (non-hydrogen) atoms. The molecule has 2 aromatic carbocycles. The number of alkyl halides is 3. The van der Waals surface area contributed by atoms with Crippen molar-refractivity contribution in [3.8, 4) is 11.5 Å². The smallest absolute Gasteiger partial charge is 0.419 e. The Hall–Kier alpha value is -1.86. The van der Waals surface area contributed by atoms with Gasteiger partial charge in [-0.05, 0) is 54.4 Å².